The van der Waals surface area contributed by atoms with E-state index in [0.717, 1.165) is 22.2 Å². The second kappa shape index (κ2) is 9.60. The fourth-order valence-corrected chi connectivity index (χ4v) is 3.02. The summed E-state index contributed by atoms with van der Waals surface area (Å²) in [4.78, 5) is 12.0. The fraction of sp³-hybridized carbons (Fsp3) is 0.261. The molecule has 0 spiro atoms. The summed E-state index contributed by atoms with van der Waals surface area (Å²) >= 11 is 3.42. The molecule has 1 N–H and O–H groups in total. The number of hydrogen-bond acceptors (Lipinski definition) is 3. The van der Waals surface area contributed by atoms with E-state index >= 15 is 0 Å². The highest BCUT2D eigenvalue weighted by Gasteiger charge is 2.08. The minimum absolute atomic E-state index is 0.0248. The summed E-state index contributed by atoms with van der Waals surface area (Å²) < 4.78 is 12.4. The lowest BCUT2D eigenvalue weighted by Gasteiger charge is -2.10. The zero-order chi connectivity index (χ0) is 19.9. The molecule has 0 saturated heterocycles. The number of nitrogens with one attached hydrogen (secondary N) is 1. The van der Waals surface area contributed by atoms with Gasteiger partial charge in [-0.25, -0.2) is 0 Å². The van der Waals surface area contributed by atoms with Gasteiger partial charge in [0.1, 0.15) is 17.3 Å². The number of benzene rings is 2. The molecule has 0 saturated carbocycles. The van der Waals surface area contributed by atoms with E-state index in [1.807, 2.05) is 60.7 Å². The highest BCUT2D eigenvalue weighted by atomic mass is 79.9. The molecule has 1 atom stereocenters. The van der Waals surface area contributed by atoms with Gasteiger partial charge in [0.05, 0.1) is 6.54 Å². The maximum absolute atomic E-state index is 12.0. The Labute approximate surface area is 174 Å². The van der Waals surface area contributed by atoms with E-state index in [2.05, 4.69) is 35.1 Å². The minimum atomic E-state index is -0.187. The summed E-state index contributed by atoms with van der Waals surface area (Å²) in [6, 6.07) is 19.6. The maximum atomic E-state index is 12.0. The van der Waals surface area contributed by atoms with Gasteiger partial charge in [-0.15, -0.1) is 0 Å². The van der Waals surface area contributed by atoms with Crippen molar-refractivity contribution in [1.82, 2.24) is 5.32 Å². The normalized spacial score (nSPS) is 11.8. The number of halogens is 1. The molecule has 0 bridgehead atoms. The maximum Gasteiger partial charge on any atom is 0.258 e. The van der Waals surface area contributed by atoms with Crippen molar-refractivity contribution < 1.29 is 13.9 Å². The van der Waals surface area contributed by atoms with Gasteiger partial charge in [-0.2, -0.15) is 0 Å². The van der Waals surface area contributed by atoms with Gasteiger partial charge in [0, 0.05) is 10.0 Å². The molecule has 1 heterocycles. The first-order chi connectivity index (χ1) is 13.5. The topological polar surface area (TPSA) is 51.5 Å². The Kier molecular flexibility index (Phi) is 6.93. The van der Waals surface area contributed by atoms with E-state index in [4.69, 9.17) is 9.15 Å². The first-order valence-electron chi connectivity index (χ1n) is 9.39. The second-order valence-corrected chi connectivity index (χ2v) is 7.63. The molecule has 5 heteroatoms. The zero-order valence-corrected chi connectivity index (χ0v) is 17.7. The number of ether oxygens (including phenoxy) is 1. The van der Waals surface area contributed by atoms with Gasteiger partial charge in [-0.3, -0.25) is 4.79 Å². The number of carbonyl (C=O) groups is 1. The molecular formula is C23H24BrNO3. The highest BCUT2D eigenvalue weighted by molar-refractivity contribution is 9.10. The third-order valence-corrected chi connectivity index (χ3v) is 5.21. The number of carbonyl (C=O) groups excluding carboxylic acids is 1. The lowest BCUT2D eigenvalue weighted by Crippen LogP contribution is -2.28. The van der Waals surface area contributed by atoms with E-state index in [-0.39, 0.29) is 12.5 Å². The van der Waals surface area contributed by atoms with Crippen LogP contribution in [-0.4, -0.2) is 12.5 Å². The average Bonchev–Trinajstić information content (AvgIpc) is 3.20. The average molecular weight is 442 g/mol. The molecule has 0 aliphatic rings. The van der Waals surface area contributed by atoms with Crippen molar-refractivity contribution in [2.45, 2.75) is 32.7 Å². The van der Waals surface area contributed by atoms with E-state index in [0.29, 0.717) is 24.0 Å². The number of amides is 1. The van der Waals surface area contributed by atoms with Crippen molar-refractivity contribution >= 4 is 21.8 Å². The van der Waals surface area contributed by atoms with Gasteiger partial charge in [-0.05, 0) is 54.3 Å². The van der Waals surface area contributed by atoms with Crippen LogP contribution in [0.15, 0.2) is 69.6 Å². The Hall–Kier alpha value is -2.53. The van der Waals surface area contributed by atoms with E-state index in [1.54, 1.807) is 0 Å². The van der Waals surface area contributed by atoms with Gasteiger partial charge in [-0.1, -0.05) is 54.0 Å². The third kappa shape index (κ3) is 5.49. The van der Waals surface area contributed by atoms with E-state index in [1.165, 1.54) is 5.56 Å². The summed E-state index contributed by atoms with van der Waals surface area (Å²) in [6.45, 7) is 4.66. The number of furan rings is 1. The van der Waals surface area contributed by atoms with Crippen LogP contribution in [0.4, 0.5) is 0 Å². The van der Waals surface area contributed by atoms with Crippen molar-refractivity contribution in [3.8, 4) is 17.1 Å². The first kappa shape index (κ1) is 20.2. The molecular weight excluding hydrogens is 418 g/mol. The lowest BCUT2D eigenvalue weighted by molar-refractivity contribution is -0.123. The molecule has 3 rings (SSSR count). The van der Waals surface area contributed by atoms with Crippen LogP contribution in [0, 0.1) is 0 Å². The van der Waals surface area contributed by atoms with Crippen LogP contribution in [0.1, 0.15) is 37.5 Å². The molecule has 0 aliphatic carbocycles. The molecule has 1 unspecified atom stereocenters. The Morgan fingerprint density at radius 2 is 1.79 bits per heavy atom. The predicted molar refractivity (Wildman–Crippen MR) is 114 cm³/mol. The van der Waals surface area contributed by atoms with Gasteiger partial charge in [0.15, 0.2) is 6.61 Å². The summed E-state index contributed by atoms with van der Waals surface area (Å²) in [5, 5.41) is 2.82. The molecule has 0 fully saturated rings. The standard InChI is InChI=1S/C23H24BrNO3/c1-3-16(2)17-6-10-20(11-7-17)27-15-23(26)25-14-21-12-13-22(28-21)18-4-8-19(24)9-5-18/h4-13,16H,3,14-15H2,1-2H3,(H,25,26). The van der Waals surface area contributed by atoms with Crippen molar-refractivity contribution in [3.63, 3.8) is 0 Å². The Morgan fingerprint density at radius 3 is 2.46 bits per heavy atom. The first-order valence-corrected chi connectivity index (χ1v) is 10.2. The van der Waals surface area contributed by atoms with Gasteiger partial charge >= 0.3 is 0 Å². The molecule has 28 heavy (non-hydrogen) atoms. The molecule has 1 amide bonds. The van der Waals surface area contributed by atoms with Gasteiger partial charge in [0.25, 0.3) is 5.91 Å². The summed E-state index contributed by atoms with van der Waals surface area (Å²) in [7, 11) is 0. The molecule has 1 aromatic heterocycles. The predicted octanol–water partition coefficient (Wildman–Crippen LogP) is 5.92. The van der Waals surface area contributed by atoms with Crippen molar-refractivity contribution in [2.24, 2.45) is 0 Å². The zero-order valence-electron chi connectivity index (χ0n) is 16.1. The van der Waals surface area contributed by atoms with E-state index < -0.39 is 0 Å². The van der Waals surface area contributed by atoms with E-state index in [9.17, 15) is 4.79 Å². The fourth-order valence-electron chi connectivity index (χ4n) is 2.76. The van der Waals surface area contributed by atoms with Gasteiger partial charge in [0.2, 0.25) is 0 Å². The molecule has 3 aromatic rings. The smallest absolute Gasteiger partial charge is 0.258 e. The van der Waals surface area contributed by atoms with Crippen LogP contribution < -0.4 is 10.1 Å². The quantitative estimate of drug-likeness (QED) is 0.471. The van der Waals surface area contributed by atoms with Gasteiger partial charge < -0.3 is 14.5 Å². The molecule has 4 nitrogen and oxygen atoms in total. The third-order valence-electron chi connectivity index (χ3n) is 4.68. The Morgan fingerprint density at radius 1 is 1.07 bits per heavy atom. The number of rotatable bonds is 8. The Bertz CT molecular complexity index is 900. The van der Waals surface area contributed by atoms with Crippen molar-refractivity contribution in [2.75, 3.05) is 6.61 Å². The molecule has 0 aliphatic heterocycles. The van der Waals surface area contributed by atoms with Crippen molar-refractivity contribution in [3.05, 3.63) is 76.5 Å². The molecule has 0 radical (unpaired) electrons. The molecule has 146 valence electrons. The van der Waals surface area contributed by atoms with Crippen LogP contribution >= 0.6 is 15.9 Å². The SMILES string of the molecule is CCC(C)c1ccc(OCC(=O)NCc2ccc(-c3ccc(Br)cc3)o2)cc1. The summed E-state index contributed by atoms with van der Waals surface area (Å²) in [6.07, 6.45) is 1.10. The van der Waals surface area contributed by atoms with Crippen LogP contribution in [-0.2, 0) is 11.3 Å². The monoisotopic (exact) mass is 441 g/mol. The summed E-state index contributed by atoms with van der Waals surface area (Å²) in [5.41, 5.74) is 2.27. The van der Waals surface area contributed by atoms with Crippen molar-refractivity contribution in [1.29, 1.82) is 0 Å². The molecule has 2 aromatic carbocycles. The van der Waals surface area contributed by atoms with Crippen LogP contribution in [0.25, 0.3) is 11.3 Å². The lowest BCUT2D eigenvalue weighted by atomic mass is 9.99. The summed E-state index contributed by atoms with van der Waals surface area (Å²) in [5.74, 6) is 2.50. The largest absolute Gasteiger partial charge is 0.484 e. The minimum Gasteiger partial charge on any atom is -0.484 e. The second-order valence-electron chi connectivity index (χ2n) is 6.72. The van der Waals surface area contributed by atoms with Crippen LogP contribution in [0.2, 0.25) is 0 Å². The number of hydrogen-bond donors (Lipinski definition) is 1. The highest BCUT2D eigenvalue weighted by Crippen LogP contribution is 2.24. The van der Waals surface area contributed by atoms with Crippen LogP contribution in [0.3, 0.4) is 0 Å². The Balaban J connectivity index is 1.46. The van der Waals surface area contributed by atoms with Crippen LogP contribution in [0.5, 0.6) is 5.75 Å².